The van der Waals surface area contributed by atoms with Crippen molar-refractivity contribution in [1.82, 2.24) is 4.98 Å². The molecule has 2 N–H and O–H groups in total. The van der Waals surface area contributed by atoms with Crippen molar-refractivity contribution in [1.29, 1.82) is 0 Å². The number of hydrogen-bond acceptors (Lipinski definition) is 4. The van der Waals surface area contributed by atoms with Gasteiger partial charge in [-0.25, -0.2) is 4.85 Å². The lowest BCUT2D eigenvalue weighted by Crippen LogP contribution is -2.29. The van der Waals surface area contributed by atoms with Crippen molar-refractivity contribution in [2.75, 3.05) is 6.61 Å². The Hall–Kier alpha value is -3.58. The highest BCUT2D eigenvalue weighted by molar-refractivity contribution is 5.86. The fraction of sp³-hybridized carbons (Fsp3) is 0.211. The third-order valence-corrected chi connectivity index (χ3v) is 4.29. The molecule has 1 aromatic heterocycles. The first-order valence-corrected chi connectivity index (χ1v) is 8.23. The second-order valence-electron chi connectivity index (χ2n) is 6.57. The van der Waals surface area contributed by atoms with Crippen LogP contribution in [0.2, 0.25) is 0 Å². The summed E-state index contributed by atoms with van der Waals surface area (Å²) in [4.78, 5) is 15.9. The fourth-order valence-corrected chi connectivity index (χ4v) is 2.77. The zero-order valence-electron chi connectivity index (χ0n) is 14.9. The molecule has 1 heterocycles. The van der Waals surface area contributed by atoms with E-state index in [1.54, 1.807) is 0 Å². The molecule has 150 valence electrons. The Morgan fingerprint density at radius 3 is 2.62 bits per heavy atom. The molecule has 7 nitrogen and oxygen atoms in total. The normalized spacial score (nSPS) is 13.7. The molecule has 10 heteroatoms. The minimum absolute atomic E-state index is 0.107. The predicted molar refractivity (Wildman–Crippen MR) is 97.7 cm³/mol. The van der Waals surface area contributed by atoms with Gasteiger partial charge in [0.25, 0.3) is 5.69 Å². The van der Waals surface area contributed by atoms with E-state index >= 15 is 0 Å². The lowest BCUT2D eigenvalue weighted by Gasteiger charge is -2.22. The largest absolute Gasteiger partial charge is 0.490 e. The van der Waals surface area contributed by atoms with Crippen LogP contribution in [0.1, 0.15) is 18.2 Å². The number of nitro benzene ring substituents is 1. The number of rotatable bonds is 5. The molecule has 0 bridgehead atoms. The number of halogens is 3. The van der Waals surface area contributed by atoms with E-state index in [1.165, 1.54) is 37.3 Å². The number of hydrogen-bond donors (Lipinski definition) is 2. The van der Waals surface area contributed by atoms with Gasteiger partial charge in [0.2, 0.25) is 0 Å². The van der Waals surface area contributed by atoms with Crippen LogP contribution >= 0.6 is 0 Å². The Labute approximate surface area is 162 Å². The lowest BCUT2D eigenvalue weighted by molar-refractivity contribution is -0.384. The summed E-state index contributed by atoms with van der Waals surface area (Å²) in [6, 6.07) is 8.74. The number of nitrogens with zero attached hydrogens (tertiary/aromatic N) is 2. The minimum Gasteiger partial charge on any atom is -0.490 e. The zero-order chi connectivity index (χ0) is 21.4. The van der Waals surface area contributed by atoms with Crippen LogP contribution in [0, 0.1) is 16.7 Å². The van der Waals surface area contributed by atoms with Gasteiger partial charge in [0.1, 0.15) is 18.0 Å². The van der Waals surface area contributed by atoms with Crippen molar-refractivity contribution < 1.29 is 27.9 Å². The van der Waals surface area contributed by atoms with Gasteiger partial charge >= 0.3 is 6.18 Å². The minimum atomic E-state index is -4.69. The number of aromatic nitrogens is 1. The molecule has 3 rings (SSSR count). The number of H-pyrrole nitrogens is 1. The maximum absolute atomic E-state index is 13.1. The number of nitro groups is 1. The Morgan fingerprint density at radius 1 is 1.28 bits per heavy atom. The summed E-state index contributed by atoms with van der Waals surface area (Å²) in [5.41, 5.74) is -3.15. The van der Waals surface area contributed by atoms with Gasteiger partial charge in [0.05, 0.1) is 28.8 Å². The van der Waals surface area contributed by atoms with E-state index in [4.69, 9.17) is 11.3 Å². The summed E-state index contributed by atoms with van der Waals surface area (Å²) >= 11 is 0. The van der Waals surface area contributed by atoms with E-state index in [1.807, 2.05) is 0 Å². The van der Waals surface area contributed by atoms with Gasteiger partial charge in [-0.1, -0.05) is 6.07 Å². The number of aromatic amines is 1. The number of ether oxygens (including phenoxy) is 1. The fourth-order valence-electron chi connectivity index (χ4n) is 2.77. The van der Waals surface area contributed by atoms with Crippen molar-refractivity contribution in [3.05, 3.63) is 75.3 Å². The number of aliphatic hydroxyl groups is 1. The molecule has 0 aliphatic heterocycles. The van der Waals surface area contributed by atoms with Gasteiger partial charge in [0, 0.05) is 11.6 Å². The Balaban J connectivity index is 1.89. The first kappa shape index (κ1) is 20.2. The highest BCUT2D eigenvalue weighted by atomic mass is 19.4. The molecule has 0 saturated carbocycles. The molecule has 0 saturated heterocycles. The molecule has 0 aliphatic rings. The van der Waals surface area contributed by atoms with Crippen molar-refractivity contribution in [3.8, 4) is 5.75 Å². The van der Waals surface area contributed by atoms with Crippen LogP contribution in [0.3, 0.4) is 0 Å². The van der Waals surface area contributed by atoms with Gasteiger partial charge in [0.15, 0.2) is 5.69 Å². The second-order valence-corrected chi connectivity index (χ2v) is 6.57. The van der Waals surface area contributed by atoms with E-state index in [0.29, 0.717) is 5.39 Å². The van der Waals surface area contributed by atoms with Crippen LogP contribution in [0.5, 0.6) is 5.75 Å². The van der Waals surface area contributed by atoms with Crippen LogP contribution in [-0.4, -0.2) is 21.6 Å². The first-order valence-electron chi connectivity index (χ1n) is 8.23. The van der Waals surface area contributed by atoms with Crippen molar-refractivity contribution in [2.24, 2.45) is 0 Å². The van der Waals surface area contributed by atoms with E-state index < -0.39 is 28.0 Å². The number of non-ortho nitro benzene ring substituents is 1. The Bertz CT molecular complexity index is 1130. The van der Waals surface area contributed by atoms with Crippen molar-refractivity contribution in [3.63, 3.8) is 0 Å². The van der Waals surface area contributed by atoms with E-state index in [-0.39, 0.29) is 29.3 Å². The number of benzene rings is 2. The third-order valence-electron chi connectivity index (χ3n) is 4.29. The summed E-state index contributed by atoms with van der Waals surface area (Å²) in [7, 11) is 0. The summed E-state index contributed by atoms with van der Waals surface area (Å²) in [5, 5.41) is 21.9. The molecule has 2 aromatic carbocycles. The highest BCUT2D eigenvalue weighted by Crippen LogP contribution is 2.39. The van der Waals surface area contributed by atoms with Gasteiger partial charge in [-0.05, 0) is 36.6 Å². The molecule has 0 spiro atoms. The molecule has 29 heavy (non-hydrogen) atoms. The molecule has 1 unspecified atom stereocenters. The van der Waals surface area contributed by atoms with E-state index in [9.17, 15) is 28.4 Å². The monoisotopic (exact) mass is 405 g/mol. The molecule has 0 amide bonds. The van der Waals surface area contributed by atoms with Gasteiger partial charge < -0.3 is 14.8 Å². The number of nitrogens with one attached hydrogen (secondary N) is 1. The maximum Gasteiger partial charge on any atom is 0.407 e. The van der Waals surface area contributed by atoms with E-state index in [2.05, 4.69) is 9.83 Å². The van der Waals surface area contributed by atoms with Crippen LogP contribution in [-0.2, 0) is 11.8 Å². The van der Waals surface area contributed by atoms with Gasteiger partial charge in [-0.15, -0.1) is 0 Å². The van der Waals surface area contributed by atoms with Crippen LogP contribution < -0.4 is 4.74 Å². The standard InChI is InChI=1S/C19H14F3N3O4/c1-18(26,10-29-13-5-3-4-12(8-13)25(27)28)17-7-11-6-16(23-2)14(19(20,21)22)9-15(11)24-17/h3-9,24,26H,10H2,1H3. The molecule has 3 aromatic rings. The lowest BCUT2D eigenvalue weighted by atomic mass is 10.0. The average molecular weight is 405 g/mol. The quantitative estimate of drug-likeness (QED) is 0.358. The highest BCUT2D eigenvalue weighted by Gasteiger charge is 2.34. The summed E-state index contributed by atoms with van der Waals surface area (Å²) in [5.74, 6) is 0.158. The summed E-state index contributed by atoms with van der Waals surface area (Å²) in [6.07, 6.45) is -4.69. The van der Waals surface area contributed by atoms with Crippen LogP contribution in [0.15, 0.2) is 42.5 Å². The topological polar surface area (TPSA) is 92.8 Å². The van der Waals surface area contributed by atoms with Gasteiger partial charge in [-0.2, -0.15) is 13.2 Å². The van der Waals surface area contributed by atoms with Crippen molar-refractivity contribution >= 4 is 22.3 Å². The van der Waals surface area contributed by atoms with Gasteiger partial charge in [-0.3, -0.25) is 10.1 Å². The first-order chi connectivity index (χ1) is 13.5. The Kier molecular flexibility index (Phi) is 4.94. The second kappa shape index (κ2) is 7.10. The molecule has 1 atom stereocenters. The molecule has 0 fully saturated rings. The molecular formula is C19H14F3N3O4. The van der Waals surface area contributed by atoms with Crippen LogP contribution in [0.4, 0.5) is 24.5 Å². The zero-order valence-corrected chi connectivity index (χ0v) is 14.9. The number of fused-ring (bicyclic) bond motifs is 1. The molecule has 0 radical (unpaired) electrons. The SMILES string of the molecule is [C-]#[N+]c1cc2cc(C(C)(O)COc3cccc([N+](=O)[O-])c3)[nH]c2cc1C(F)(F)F. The summed E-state index contributed by atoms with van der Waals surface area (Å²) in [6.45, 7) is 8.04. The smallest absolute Gasteiger partial charge is 0.407 e. The van der Waals surface area contributed by atoms with Crippen molar-refractivity contribution in [2.45, 2.75) is 18.7 Å². The van der Waals surface area contributed by atoms with E-state index in [0.717, 1.165) is 12.1 Å². The van der Waals surface area contributed by atoms with Crippen LogP contribution in [0.25, 0.3) is 15.7 Å². The maximum atomic E-state index is 13.1. The predicted octanol–water partition coefficient (Wildman–Crippen LogP) is 4.93. The summed E-state index contributed by atoms with van der Waals surface area (Å²) < 4.78 is 44.8. The average Bonchev–Trinajstić information content (AvgIpc) is 3.09. The third kappa shape index (κ3) is 4.14. The Morgan fingerprint density at radius 2 is 2.00 bits per heavy atom. The molecule has 0 aliphatic carbocycles. The molecular weight excluding hydrogens is 391 g/mol. The number of alkyl halides is 3.